The molecule has 0 aliphatic heterocycles. The van der Waals surface area contributed by atoms with Gasteiger partial charge in [-0.15, -0.1) is 0 Å². The van der Waals surface area contributed by atoms with E-state index in [1.54, 1.807) is 13.8 Å². The van der Waals surface area contributed by atoms with E-state index in [-0.39, 0.29) is 29.4 Å². The number of halogens is 3. The topological polar surface area (TPSA) is 127 Å². The fourth-order valence-corrected chi connectivity index (χ4v) is 2.46. The lowest BCUT2D eigenvalue weighted by Gasteiger charge is -2.15. The molecule has 2 rings (SSSR count). The van der Waals surface area contributed by atoms with Gasteiger partial charge in [-0.1, -0.05) is 12.1 Å². The Morgan fingerprint density at radius 2 is 1.55 bits per heavy atom. The molecule has 1 amide bonds. The predicted octanol–water partition coefficient (Wildman–Crippen LogP) is 4.40. The molecule has 2 aromatic rings. The van der Waals surface area contributed by atoms with Crippen molar-refractivity contribution in [3.63, 3.8) is 0 Å². The number of hydrogen-bond donors (Lipinski definition) is 2. The summed E-state index contributed by atoms with van der Waals surface area (Å²) < 4.78 is 39.0. The molecule has 0 saturated carbocycles. The first-order valence-corrected chi connectivity index (χ1v) is 8.12. The first-order chi connectivity index (χ1) is 13.4. The van der Waals surface area contributed by atoms with E-state index in [1.165, 1.54) is 24.3 Å². The van der Waals surface area contributed by atoms with E-state index in [4.69, 9.17) is 0 Å². The highest BCUT2D eigenvalue weighted by Gasteiger charge is 2.38. The highest BCUT2D eigenvalue weighted by atomic mass is 19.4. The fourth-order valence-electron chi connectivity index (χ4n) is 2.46. The Morgan fingerprint density at radius 1 is 1.03 bits per heavy atom. The van der Waals surface area contributed by atoms with Crippen molar-refractivity contribution in [2.45, 2.75) is 26.1 Å². The van der Waals surface area contributed by atoms with Crippen LogP contribution in [0.15, 0.2) is 36.4 Å². The van der Waals surface area contributed by atoms with Crippen molar-refractivity contribution < 1.29 is 27.8 Å². The van der Waals surface area contributed by atoms with E-state index in [2.05, 4.69) is 10.6 Å². The standard InChI is InChI=1S/C17H15F3N4O5/c1-9(2)21-16(25)11-5-3-4-6-12(11)22-15-13(23(26)27)7-10(17(18,19)20)8-14(15)24(28)29/h3-9,22H,1-2H3,(H,21,25). The van der Waals surface area contributed by atoms with E-state index in [9.17, 15) is 38.2 Å². The summed E-state index contributed by atoms with van der Waals surface area (Å²) in [6.07, 6.45) is -5.02. The largest absolute Gasteiger partial charge is 0.416 e. The number of amides is 1. The van der Waals surface area contributed by atoms with Crippen LogP contribution in [-0.2, 0) is 6.18 Å². The van der Waals surface area contributed by atoms with E-state index in [0.717, 1.165) is 0 Å². The molecule has 29 heavy (non-hydrogen) atoms. The van der Waals surface area contributed by atoms with Gasteiger partial charge < -0.3 is 10.6 Å². The van der Waals surface area contributed by atoms with Crippen LogP contribution in [0.25, 0.3) is 0 Å². The van der Waals surface area contributed by atoms with Crippen molar-refractivity contribution >= 4 is 28.7 Å². The van der Waals surface area contributed by atoms with Crippen molar-refractivity contribution in [1.82, 2.24) is 5.32 Å². The summed E-state index contributed by atoms with van der Waals surface area (Å²) in [4.78, 5) is 32.6. The highest BCUT2D eigenvalue weighted by Crippen LogP contribution is 2.42. The van der Waals surface area contributed by atoms with Gasteiger partial charge in [0, 0.05) is 18.2 Å². The molecule has 0 radical (unpaired) electrons. The molecule has 2 aromatic carbocycles. The summed E-state index contributed by atoms with van der Waals surface area (Å²) in [6, 6.07) is 5.79. The molecule has 0 heterocycles. The number of nitrogens with one attached hydrogen (secondary N) is 2. The molecule has 154 valence electrons. The molecule has 0 unspecified atom stereocenters. The lowest BCUT2D eigenvalue weighted by molar-refractivity contribution is -0.392. The summed E-state index contributed by atoms with van der Waals surface area (Å²) >= 11 is 0. The monoisotopic (exact) mass is 412 g/mol. The van der Waals surface area contributed by atoms with Crippen LogP contribution in [-0.4, -0.2) is 21.8 Å². The average Bonchev–Trinajstić information content (AvgIpc) is 2.60. The Labute approximate surface area is 161 Å². The number of para-hydroxylation sites is 1. The lowest BCUT2D eigenvalue weighted by Crippen LogP contribution is -2.30. The van der Waals surface area contributed by atoms with Gasteiger partial charge in [0.2, 0.25) is 0 Å². The van der Waals surface area contributed by atoms with Crippen LogP contribution in [0.2, 0.25) is 0 Å². The molecule has 0 saturated heterocycles. The summed E-state index contributed by atoms with van der Waals surface area (Å²) in [5.74, 6) is -0.569. The normalized spacial score (nSPS) is 11.2. The summed E-state index contributed by atoms with van der Waals surface area (Å²) in [7, 11) is 0. The molecule has 0 aromatic heterocycles. The average molecular weight is 412 g/mol. The Kier molecular flexibility index (Phi) is 6.05. The number of carbonyl (C=O) groups excluding carboxylic acids is 1. The molecule has 9 nitrogen and oxygen atoms in total. The number of carbonyl (C=O) groups is 1. The van der Waals surface area contributed by atoms with Gasteiger partial charge >= 0.3 is 6.18 Å². The van der Waals surface area contributed by atoms with Crippen LogP contribution in [0.1, 0.15) is 29.8 Å². The molecular formula is C17H15F3N4O5. The maximum Gasteiger partial charge on any atom is 0.416 e. The number of benzene rings is 2. The van der Waals surface area contributed by atoms with Gasteiger partial charge in [0.05, 0.1) is 26.7 Å². The molecule has 0 aliphatic carbocycles. The molecule has 0 spiro atoms. The van der Waals surface area contributed by atoms with E-state index in [1.807, 2.05) is 0 Å². The zero-order valence-electron chi connectivity index (χ0n) is 15.1. The van der Waals surface area contributed by atoms with Crippen molar-refractivity contribution in [2.24, 2.45) is 0 Å². The van der Waals surface area contributed by atoms with E-state index < -0.39 is 44.6 Å². The van der Waals surface area contributed by atoms with Gasteiger partial charge in [-0.05, 0) is 26.0 Å². The lowest BCUT2D eigenvalue weighted by atomic mass is 10.1. The third-order valence-corrected chi connectivity index (χ3v) is 3.67. The molecule has 0 atom stereocenters. The third-order valence-electron chi connectivity index (χ3n) is 3.67. The molecule has 12 heteroatoms. The second-order valence-corrected chi connectivity index (χ2v) is 6.20. The Hall–Kier alpha value is -3.70. The predicted molar refractivity (Wildman–Crippen MR) is 97.1 cm³/mol. The van der Waals surface area contributed by atoms with Crippen LogP contribution in [0.4, 0.5) is 35.9 Å². The quantitative estimate of drug-likeness (QED) is 0.535. The Bertz CT molecular complexity index is 941. The minimum atomic E-state index is -5.02. The highest BCUT2D eigenvalue weighted by molar-refractivity contribution is 6.01. The molecule has 2 N–H and O–H groups in total. The second-order valence-electron chi connectivity index (χ2n) is 6.20. The molecule has 0 bridgehead atoms. The van der Waals surface area contributed by atoms with Crippen molar-refractivity contribution in [1.29, 1.82) is 0 Å². The smallest absolute Gasteiger partial charge is 0.350 e. The number of rotatable bonds is 6. The zero-order valence-corrected chi connectivity index (χ0v) is 15.1. The van der Waals surface area contributed by atoms with Gasteiger partial charge in [-0.2, -0.15) is 13.2 Å². The minimum Gasteiger partial charge on any atom is -0.350 e. The maximum atomic E-state index is 13.0. The fraction of sp³-hybridized carbons (Fsp3) is 0.235. The van der Waals surface area contributed by atoms with Gasteiger partial charge in [0.1, 0.15) is 0 Å². The van der Waals surface area contributed by atoms with Crippen molar-refractivity contribution in [3.05, 3.63) is 67.8 Å². The van der Waals surface area contributed by atoms with Gasteiger partial charge in [0.15, 0.2) is 5.69 Å². The zero-order chi connectivity index (χ0) is 21.9. The number of nitrogens with zero attached hydrogens (tertiary/aromatic N) is 2. The van der Waals surface area contributed by atoms with Gasteiger partial charge in [-0.3, -0.25) is 25.0 Å². The summed E-state index contributed by atoms with van der Waals surface area (Å²) in [6.45, 7) is 3.39. The number of hydrogen-bond acceptors (Lipinski definition) is 6. The van der Waals surface area contributed by atoms with Crippen LogP contribution in [0, 0.1) is 20.2 Å². The SMILES string of the molecule is CC(C)NC(=O)c1ccccc1Nc1c([N+](=O)[O-])cc(C(F)(F)F)cc1[N+](=O)[O-]. The van der Waals surface area contributed by atoms with Crippen molar-refractivity contribution in [3.8, 4) is 0 Å². The second kappa shape index (κ2) is 8.12. The van der Waals surface area contributed by atoms with E-state index in [0.29, 0.717) is 0 Å². The third kappa shape index (κ3) is 4.97. The summed E-state index contributed by atoms with van der Waals surface area (Å²) in [5.41, 5.74) is -4.64. The first kappa shape index (κ1) is 21.6. The Morgan fingerprint density at radius 3 is 2.00 bits per heavy atom. The summed E-state index contributed by atoms with van der Waals surface area (Å²) in [5, 5.41) is 27.6. The first-order valence-electron chi connectivity index (χ1n) is 8.12. The molecule has 0 aliphatic rings. The van der Waals surface area contributed by atoms with Crippen LogP contribution < -0.4 is 10.6 Å². The minimum absolute atomic E-state index is 0.00435. The van der Waals surface area contributed by atoms with Crippen LogP contribution in [0.3, 0.4) is 0 Å². The molecular weight excluding hydrogens is 397 g/mol. The van der Waals surface area contributed by atoms with Crippen molar-refractivity contribution in [2.75, 3.05) is 5.32 Å². The van der Waals surface area contributed by atoms with Crippen LogP contribution >= 0.6 is 0 Å². The van der Waals surface area contributed by atoms with Crippen LogP contribution in [0.5, 0.6) is 0 Å². The Balaban J connectivity index is 2.66. The maximum absolute atomic E-state index is 13.0. The number of alkyl halides is 3. The van der Waals surface area contributed by atoms with E-state index >= 15 is 0 Å². The van der Waals surface area contributed by atoms with Gasteiger partial charge in [0.25, 0.3) is 17.3 Å². The number of nitro benzene ring substituents is 2. The number of anilines is 2. The molecule has 0 fully saturated rings. The van der Waals surface area contributed by atoms with Gasteiger partial charge in [-0.25, -0.2) is 0 Å². The number of nitro groups is 2.